The number of benzene rings is 2. The van der Waals surface area contributed by atoms with Crippen molar-refractivity contribution in [3.63, 3.8) is 0 Å². The first kappa shape index (κ1) is 18.5. The van der Waals surface area contributed by atoms with Gasteiger partial charge in [-0.15, -0.1) is 0 Å². The van der Waals surface area contributed by atoms with E-state index in [4.69, 9.17) is 16.3 Å². The third kappa shape index (κ3) is 3.61. The van der Waals surface area contributed by atoms with Gasteiger partial charge in [-0.1, -0.05) is 33.6 Å². The van der Waals surface area contributed by atoms with Crippen LogP contribution in [0.15, 0.2) is 51.5 Å². The molecule has 0 atom stereocenters. The first-order chi connectivity index (χ1) is 12.4. The van der Waals surface area contributed by atoms with Gasteiger partial charge in [0, 0.05) is 4.47 Å². The number of rotatable bonds is 4. The predicted molar refractivity (Wildman–Crippen MR) is 107 cm³/mol. The Balaban J connectivity index is 1.98. The van der Waals surface area contributed by atoms with Crippen molar-refractivity contribution in [2.24, 2.45) is 5.10 Å². The van der Waals surface area contributed by atoms with Crippen LogP contribution >= 0.6 is 27.5 Å². The maximum atomic E-state index is 12.8. The second-order valence-electron chi connectivity index (χ2n) is 5.62. The highest BCUT2D eigenvalue weighted by Gasteiger charge is 2.29. The maximum absolute atomic E-state index is 12.8. The van der Waals surface area contributed by atoms with Gasteiger partial charge in [0.25, 0.3) is 5.91 Å². The molecule has 5 nitrogen and oxygen atoms in total. The molecule has 0 aromatic heterocycles. The lowest BCUT2D eigenvalue weighted by Gasteiger charge is -2.12. The van der Waals surface area contributed by atoms with Crippen molar-refractivity contribution in [1.82, 2.24) is 0 Å². The average molecular weight is 436 g/mol. The number of nitrogens with zero attached hydrogens (tertiary/aromatic N) is 2. The van der Waals surface area contributed by atoms with E-state index in [-0.39, 0.29) is 22.4 Å². The number of ether oxygens (including phenoxy) is 1. The SMILES string of the molecule is CCOc1cc(C=C2C(=O)N(c3cccc(Br)c3)N=C2C)cc(Cl)c1O. The quantitative estimate of drug-likeness (QED) is 0.687. The molecule has 26 heavy (non-hydrogen) atoms. The molecule has 0 unspecified atom stereocenters. The highest BCUT2D eigenvalue weighted by molar-refractivity contribution is 9.10. The summed E-state index contributed by atoms with van der Waals surface area (Å²) in [5.74, 6) is -0.0759. The van der Waals surface area contributed by atoms with Crippen LogP contribution in [0, 0.1) is 0 Å². The van der Waals surface area contributed by atoms with Gasteiger partial charge in [0.05, 0.1) is 28.6 Å². The summed E-state index contributed by atoms with van der Waals surface area (Å²) >= 11 is 9.46. The second kappa shape index (κ2) is 7.51. The van der Waals surface area contributed by atoms with Gasteiger partial charge in [-0.25, -0.2) is 0 Å². The highest BCUT2D eigenvalue weighted by atomic mass is 79.9. The lowest BCUT2D eigenvalue weighted by atomic mass is 10.1. The molecule has 0 radical (unpaired) electrons. The Hall–Kier alpha value is -2.31. The minimum Gasteiger partial charge on any atom is -0.503 e. The van der Waals surface area contributed by atoms with Crippen LogP contribution in [0.3, 0.4) is 0 Å². The minimum atomic E-state index is -0.234. The van der Waals surface area contributed by atoms with Crippen molar-refractivity contribution >= 4 is 50.9 Å². The van der Waals surface area contributed by atoms with Gasteiger partial charge in [-0.2, -0.15) is 10.1 Å². The second-order valence-corrected chi connectivity index (χ2v) is 6.95. The summed E-state index contributed by atoms with van der Waals surface area (Å²) in [4.78, 5) is 12.8. The number of carbonyl (C=O) groups excluding carboxylic acids is 1. The number of hydrogen-bond acceptors (Lipinski definition) is 4. The number of hydrazone groups is 1. The molecule has 1 heterocycles. The number of carbonyl (C=O) groups is 1. The number of aromatic hydroxyl groups is 1. The molecule has 0 fully saturated rings. The Kier molecular flexibility index (Phi) is 5.34. The van der Waals surface area contributed by atoms with Crippen LogP contribution in [0.5, 0.6) is 11.5 Å². The Morgan fingerprint density at radius 1 is 1.35 bits per heavy atom. The van der Waals surface area contributed by atoms with E-state index < -0.39 is 0 Å². The predicted octanol–water partition coefficient (Wildman–Crippen LogP) is 5.01. The van der Waals surface area contributed by atoms with Crippen molar-refractivity contribution in [3.8, 4) is 11.5 Å². The standard InChI is InChI=1S/C19H16BrClN2O3/c1-3-26-17-9-12(8-16(21)18(17)24)7-15-11(2)22-23(19(15)25)14-6-4-5-13(20)10-14/h4-10,24H,3H2,1-2H3. The number of hydrogen-bond donors (Lipinski definition) is 1. The number of amides is 1. The van der Waals surface area contributed by atoms with Crippen LogP contribution < -0.4 is 9.75 Å². The van der Waals surface area contributed by atoms with E-state index in [1.54, 1.807) is 25.1 Å². The molecule has 0 saturated carbocycles. The average Bonchev–Trinajstić information content (AvgIpc) is 2.87. The normalized spacial score (nSPS) is 15.5. The third-order valence-electron chi connectivity index (χ3n) is 3.78. The largest absolute Gasteiger partial charge is 0.503 e. The van der Waals surface area contributed by atoms with Crippen LogP contribution in [0.2, 0.25) is 5.02 Å². The number of anilines is 1. The van der Waals surface area contributed by atoms with Gasteiger partial charge in [0.15, 0.2) is 11.5 Å². The van der Waals surface area contributed by atoms with E-state index >= 15 is 0 Å². The van der Waals surface area contributed by atoms with E-state index in [2.05, 4.69) is 21.0 Å². The molecular weight excluding hydrogens is 420 g/mol. The van der Waals surface area contributed by atoms with Crippen LogP contribution in [0.4, 0.5) is 5.69 Å². The molecule has 0 spiro atoms. The Morgan fingerprint density at radius 2 is 2.12 bits per heavy atom. The molecule has 0 aliphatic carbocycles. The van der Waals surface area contributed by atoms with Gasteiger partial charge in [0.2, 0.25) is 0 Å². The number of phenols is 1. The monoisotopic (exact) mass is 434 g/mol. The van der Waals surface area contributed by atoms with Crippen molar-refractivity contribution in [2.45, 2.75) is 13.8 Å². The van der Waals surface area contributed by atoms with Crippen LogP contribution in [-0.4, -0.2) is 23.3 Å². The summed E-state index contributed by atoms with van der Waals surface area (Å²) in [7, 11) is 0. The van der Waals surface area contributed by atoms with Gasteiger partial charge in [-0.3, -0.25) is 4.79 Å². The van der Waals surface area contributed by atoms with Crippen molar-refractivity contribution in [2.75, 3.05) is 11.6 Å². The summed E-state index contributed by atoms with van der Waals surface area (Å²) in [6, 6.07) is 10.6. The first-order valence-electron chi connectivity index (χ1n) is 7.93. The summed E-state index contributed by atoms with van der Waals surface area (Å²) in [5.41, 5.74) is 2.36. The maximum Gasteiger partial charge on any atom is 0.280 e. The van der Waals surface area contributed by atoms with E-state index in [0.29, 0.717) is 29.1 Å². The zero-order valence-corrected chi connectivity index (χ0v) is 16.5. The molecular formula is C19H16BrClN2O3. The van der Waals surface area contributed by atoms with Crippen molar-refractivity contribution < 1.29 is 14.6 Å². The van der Waals surface area contributed by atoms with Crippen LogP contribution in [-0.2, 0) is 4.79 Å². The summed E-state index contributed by atoms with van der Waals surface area (Å²) in [6.07, 6.45) is 1.69. The topological polar surface area (TPSA) is 62.1 Å². The van der Waals surface area contributed by atoms with Crippen LogP contribution in [0.25, 0.3) is 6.08 Å². The molecule has 0 saturated heterocycles. The van der Waals surface area contributed by atoms with E-state index in [9.17, 15) is 9.90 Å². The van der Waals surface area contributed by atoms with Gasteiger partial charge in [-0.05, 0) is 55.8 Å². The summed E-state index contributed by atoms with van der Waals surface area (Å²) in [5, 5.41) is 15.8. The van der Waals surface area contributed by atoms with E-state index in [1.165, 1.54) is 5.01 Å². The smallest absolute Gasteiger partial charge is 0.280 e. The summed E-state index contributed by atoms with van der Waals surface area (Å²) in [6.45, 7) is 3.97. The zero-order chi connectivity index (χ0) is 18.8. The molecule has 0 bridgehead atoms. The third-order valence-corrected chi connectivity index (χ3v) is 4.56. The lowest BCUT2D eigenvalue weighted by Crippen LogP contribution is -2.21. The molecule has 1 N–H and O–H groups in total. The van der Waals surface area contributed by atoms with E-state index in [0.717, 1.165) is 4.47 Å². The summed E-state index contributed by atoms with van der Waals surface area (Å²) < 4.78 is 6.25. The zero-order valence-electron chi connectivity index (χ0n) is 14.2. The highest BCUT2D eigenvalue weighted by Crippen LogP contribution is 2.36. The fourth-order valence-corrected chi connectivity index (χ4v) is 3.18. The number of phenolic OH excluding ortho intramolecular Hbond substituents is 1. The Bertz CT molecular complexity index is 940. The molecule has 1 aliphatic heterocycles. The number of halogens is 2. The van der Waals surface area contributed by atoms with Crippen LogP contribution in [0.1, 0.15) is 19.4 Å². The fraction of sp³-hybridized carbons (Fsp3) is 0.158. The van der Waals surface area contributed by atoms with Gasteiger partial charge < -0.3 is 9.84 Å². The fourth-order valence-electron chi connectivity index (χ4n) is 2.58. The molecule has 1 amide bonds. The molecule has 2 aromatic carbocycles. The molecule has 1 aliphatic rings. The van der Waals surface area contributed by atoms with E-state index in [1.807, 2.05) is 31.2 Å². The minimum absolute atomic E-state index is 0.116. The molecule has 2 aromatic rings. The Labute approximate surface area is 164 Å². The van der Waals surface area contributed by atoms with Crippen molar-refractivity contribution in [1.29, 1.82) is 0 Å². The molecule has 134 valence electrons. The Morgan fingerprint density at radius 3 is 2.81 bits per heavy atom. The molecule has 7 heteroatoms. The van der Waals surface area contributed by atoms with Gasteiger partial charge in [0.1, 0.15) is 0 Å². The molecule has 3 rings (SSSR count). The van der Waals surface area contributed by atoms with Gasteiger partial charge >= 0.3 is 0 Å². The lowest BCUT2D eigenvalue weighted by molar-refractivity contribution is -0.114. The van der Waals surface area contributed by atoms with Crippen molar-refractivity contribution in [3.05, 3.63) is 57.0 Å². The first-order valence-corrected chi connectivity index (χ1v) is 9.10.